The summed E-state index contributed by atoms with van der Waals surface area (Å²) in [4.78, 5) is 14.9. The van der Waals surface area contributed by atoms with Gasteiger partial charge in [0.1, 0.15) is 5.75 Å². The van der Waals surface area contributed by atoms with Crippen LogP contribution in [0.4, 0.5) is 0 Å². The van der Waals surface area contributed by atoms with Crippen molar-refractivity contribution in [2.24, 2.45) is 0 Å². The molecule has 1 atom stereocenters. The van der Waals surface area contributed by atoms with Gasteiger partial charge in [-0.05, 0) is 68.8 Å². The van der Waals surface area contributed by atoms with E-state index in [2.05, 4.69) is 10.2 Å². The van der Waals surface area contributed by atoms with Crippen LogP contribution in [0, 0.1) is 0 Å². The summed E-state index contributed by atoms with van der Waals surface area (Å²) in [6, 6.07) is 15.2. The minimum absolute atomic E-state index is 0.0794. The molecule has 5 heteroatoms. The molecule has 0 bridgehead atoms. The van der Waals surface area contributed by atoms with Gasteiger partial charge in [0.15, 0.2) is 0 Å². The molecule has 1 amide bonds. The standard InChI is InChI=1S/C21H25ClN2O2/c1-2-26-17-11-9-16(10-12-17)21(25)23-15-20(24-13-5-6-14-24)18-7-3-4-8-19(18)22/h3-4,7-12,20H,2,5-6,13-15H2,1H3,(H,23,25)/t20-/m0/s1. The molecule has 1 heterocycles. The average Bonchev–Trinajstić information content (AvgIpc) is 3.18. The van der Waals surface area contributed by atoms with Crippen LogP contribution in [0.15, 0.2) is 48.5 Å². The number of amides is 1. The van der Waals surface area contributed by atoms with E-state index in [1.807, 2.05) is 43.3 Å². The van der Waals surface area contributed by atoms with E-state index in [0.717, 1.165) is 29.4 Å². The van der Waals surface area contributed by atoms with E-state index in [1.54, 1.807) is 12.1 Å². The number of carbonyl (C=O) groups excluding carboxylic acids is 1. The van der Waals surface area contributed by atoms with E-state index in [9.17, 15) is 4.79 Å². The summed E-state index contributed by atoms with van der Waals surface area (Å²) < 4.78 is 5.42. The zero-order valence-corrected chi connectivity index (χ0v) is 15.8. The van der Waals surface area contributed by atoms with Crippen LogP contribution < -0.4 is 10.1 Å². The quantitative estimate of drug-likeness (QED) is 0.787. The van der Waals surface area contributed by atoms with Gasteiger partial charge in [0.25, 0.3) is 5.91 Å². The largest absolute Gasteiger partial charge is 0.494 e. The lowest BCUT2D eigenvalue weighted by molar-refractivity contribution is 0.0938. The van der Waals surface area contributed by atoms with E-state index in [-0.39, 0.29) is 11.9 Å². The van der Waals surface area contributed by atoms with Crippen LogP contribution in [0.2, 0.25) is 5.02 Å². The van der Waals surface area contributed by atoms with Gasteiger partial charge in [0.2, 0.25) is 0 Å². The summed E-state index contributed by atoms with van der Waals surface area (Å²) >= 11 is 6.42. The van der Waals surface area contributed by atoms with E-state index in [0.29, 0.717) is 18.7 Å². The number of halogens is 1. The van der Waals surface area contributed by atoms with E-state index < -0.39 is 0 Å². The average molecular weight is 373 g/mol. The fourth-order valence-electron chi connectivity index (χ4n) is 3.39. The highest BCUT2D eigenvalue weighted by atomic mass is 35.5. The monoisotopic (exact) mass is 372 g/mol. The van der Waals surface area contributed by atoms with Crippen molar-refractivity contribution < 1.29 is 9.53 Å². The van der Waals surface area contributed by atoms with Crippen molar-refractivity contribution in [2.75, 3.05) is 26.2 Å². The van der Waals surface area contributed by atoms with Crippen LogP contribution >= 0.6 is 11.6 Å². The number of hydrogen-bond donors (Lipinski definition) is 1. The first-order valence-corrected chi connectivity index (χ1v) is 9.56. The number of nitrogens with zero attached hydrogens (tertiary/aromatic N) is 1. The lowest BCUT2D eigenvalue weighted by Crippen LogP contribution is -2.37. The van der Waals surface area contributed by atoms with Crippen molar-refractivity contribution in [2.45, 2.75) is 25.8 Å². The highest BCUT2D eigenvalue weighted by Crippen LogP contribution is 2.29. The lowest BCUT2D eigenvalue weighted by Gasteiger charge is -2.29. The summed E-state index contributed by atoms with van der Waals surface area (Å²) in [6.45, 7) is 5.16. The van der Waals surface area contributed by atoms with Gasteiger partial charge in [-0.2, -0.15) is 0 Å². The molecule has 0 aromatic heterocycles. The van der Waals surface area contributed by atoms with Crippen LogP contribution in [0.5, 0.6) is 5.75 Å². The Bertz CT molecular complexity index is 727. The molecular weight excluding hydrogens is 348 g/mol. The minimum Gasteiger partial charge on any atom is -0.494 e. The number of likely N-dealkylation sites (tertiary alicyclic amines) is 1. The fraction of sp³-hybridized carbons (Fsp3) is 0.381. The SMILES string of the molecule is CCOc1ccc(C(=O)NC[C@@H](c2ccccc2Cl)N2CCCC2)cc1. The normalized spacial score (nSPS) is 15.6. The van der Waals surface area contributed by atoms with E-state index in [1.165, 1.54) is 12.8 Å². The van der Waals surface area contributed by atoms with Crippen LogP contribution in [-0.4, -0.2) is 37.0 Å². The van der Waals surface area contributed by atoms with Gasteiger partial charge in [-0.1, -0.05) is 29.8 Å². The zero-order chi connectivity index (χ0) is 18.4. The van der Waals surface area contributed by atoms with Gasteiger partial charge in [0.05, 0.1) is 12.6 Å². The first kappa shape index (κ1) is 18.7. The molecule has 0 unspecified atom stereocenters. The van der Waals surface area contributed by atoms with Gasteiger partial charge in [-0.25, -0.2) is 0 Å². The fourth-order valence-corrected chi connectivity index (χ4v) is 3.66. The van der Waals surface area contributed by atoms with Crippen LogP contribution in [0.3, 0.4) is 0 Å². The summed E-state index contributed by atoms with van der Waals surface area (Å²) in [5.74, 6) is 0.694. The highest BCUT2D eigenvalue weighted by Gasteiger charge is 2.25. The topological polar surface area (TPSA) is 41.6 Å². The highest BCUT2D eigenvalue weighted by molar-refractivity contribution is 6.31. The summed E-state index contributed by atoms with van der Waals surface area (Å²) in [6.07, 6.45) is 2.38. The molecule has 138 valence electrons. The molecule has 1 aliphatic rings. The van der Waals surface area contributed by atoms with Gasteiger partial charge in [0, 0.05) is 17.1 Å². The first-order chi connectivity index (χ1) is 12.7. The van der Waals surface area contributed by atoms with Gasteiger partial charge >= 0.3 is 0 Å². The first-order valence-electron chi connectivity index (χ1n) is 9.18. The number of benzene rings is 2. The minimum atomic E-state index is -0.0794. The van der Waals surface area contributed by atoms with Gasteiger partial charge in [-0.15, -0.1) is 0 Å². The molecule has 26 heavy (non-hydrogen) atoms. The van der Waals surface area contributed by atoms with E-state index in [4.69, 9.17) is 16.3 Å². The van der Waals surface area contributed by atoms with Crippen molar-refractivity contribution in [3.05, 3.63) is 64.7 Å². The van der Waals surface area contributed by atoms with Crippen molar-refractivity contribution in [1.29, 1.82) is 0 Å². The molecule has 2 aromatic carbocycles. The van der Waals surface area contributed by atoms with Gasteiger partial charge in [-0.3, -0.25) is 9.69 Å². The number of hydrogen-bond acceptors (Lipinski definition) is 3. The number of rotatable bonds is 7. The summed E-state index contributed by atoms with van der Waals surface area (Å²) in [5.41, 5.74) is 1.70. The molecule has 0 radical (unpaired) electrons. The Kier molecular flexibility index (Phi) is 6.53. The molecule has 0 saturated carbocycles. The molecule has 1 fully saturated rings. The molecule has 0 spiro atoms. The van der Waals surface area contributed by atoms with Crippen LogP contribution in [0.1, 0.15) is 41.7 Å². The third-order valence-corrected chi connectivity index (χ3v) is 5.07. The predicted octanol–water partition coefficient (Wildman–Crippen LogP) is 4.31. The molecule has 1 N–H and O–H groups in total. The van der Waals surface area contributed by atoms with E-state index >= 15 is 0 Å². The smallest absolute Gasteiger partial charge is 0.251 e. The Morgan fingerprint density at radius 1 is 1.15 bits per heavy atom. The molecule has 2 aromatic rings. The molecule has 0 aliphatic carbocycles. The van der Waals surface area contributed by atoms with Crippen molar-refractivity contribution in [1.82, 2.24) is 10.2 Å². The second kappa shape index (κ2) is 9.06. The number of nitrogens with one attached hydrogen (secondary N) is 1. The van der Waals surface area contributed by atoms with Crippen molar-refractivity contribution in [3.63, 3.8) is 0 Å². The Morgan fingerprint density at radius 2 is 1.85 bits per heavy atom. The van der Waals surface area contributed by atoms with Crippen molar-refractivity contribution >= 4 is 17.5 Å². The summed E-state index contributed by atoms with van der Waals surface area (Å²) in [7, 11) is 0. The Balaban J connectivity index is 1.69. The Labute approximate surface area is 160 Å². The van der Waals surface area contributed by atoms with Crippen LogP contribution in [-0.2, 0) is 0 Å². The summed E-state index contributed by atoms with van der Waals surface area (Å²) in [5, 5.41) is 3.82. The van der Waals surface area contributed by atoms with Gasteiger partial charge < -0.3 is 10.1 Å². The maximum atomic E-state index is 12.5. The molecule has 3 rings (SSSR count). The second-order valence-corrected chi connectivity index (χ2v) is 6.86. The maximum Gasteiger partial charge on any atom is 0.251 e. The predicted molar refractivity (Wildman–Crippen MR) is 105 cm³/mol. The van der Waals surface area contributed by atoms with Crippen molar-refractivity contribution in [3.8, 4) is 5.75 Å². The molecule has 4 nitrogen and oxygen atoms in total. The number of carbonyl (C=O) groups is 1. The molecule has 1 aliphatic heterocycles. The number of ether oxygens (including phenoxy) is 1. The Morgan fingerprint density at radius 3 is 2.50 bits per heavy atom. The Hall–Kier alpha value is -2.04. The maximum absolute atomic E-state index is 12.5. The van der Waals surface area contributed by atoms with Crippen LogP contribution in [0.25, 0.3) is 0 Å². The molecular formula is C21H25ClN2O2. The zero-order valence-electron chi connectivity index (χ0n) is 15.1. The lowest BCUT2D eigenvalue weighted by atomic mass is 10.0. The third-order valence-electron chi connectivity index (χ3n) is 4.73. The third kappa shape index (κ3) is 4.57. The second-order valence-electron chi connectivity index (χ2n) is 6.45. The molecule has 1 saturated heterocycles.